The van der Waals surface area contributed by atoms with Crippen molar-refractivity contribution in [1.29, 1.82) is 0 Å². The molecule has 1 saturated heterocycles. The van der Waals surface area contributed by atoms with Gasteiger partial charge in [-0.3, -0.25) is 4.90 Å². The molecule has 0 spiro atoms. The van der Waals surface area contributed by atoms with Gasteiger partial charge in [0.2, 0.25) is 0 Å². The Kier molecular flexibility index (Phi) is 3.99. The van der Waals surface area contributed by atoms with E-state index >= 15 is 0 Å². The summed E-state index contributed by atoms with van der Waals surface area (Å²) < 4.78 is 5.49. The van der Waals surface area contributed by atoms with Crippen LogP contribution in [-0.4, -0.2) is 37.2 Å². The van der Waals surface area contributed by atoms with Gasteiger partial charge in [0.15, 0.2) is 0 Å². The lowest BCUT2D eigenvalue weighted by Gasteiger charge is -2.39. The Hall–Kier alpha value is -1.84. The predicted octanol–water partition coefficient (Wildman–Crippen LogP) is 3.99. The van der Waals surface area contributed by atoms with Gasteiger partial charge in [0.05, 0.1) is 19.3 Å². The number of fused-ring (bicyclic) bond motifs is 1. The molecule has 0 aromatic heterocycles. The fourth-order valence-corrected chi connectivity index (χ4v) is 4.10. The molecular formula is C22H26N2O. The molecule has 2 fully saturated rings. The maximum atomic E-state index is 5.49. The zero-order chi connectivity index (χ0) is 16.6. The number of rotatable bonds is 5. The summed E-state index contributed by atoms with van der Waals surface area (Å²) in [6, 6.07) is 18.3. The summed E-state index contributed by atoms with van der Waals surface area (Å²) in [4.78, 5) is 5.12. The molecule has 3 nitrogen and oxygen atoms in total. The summed E-state index contributed by atoms with van der Waals surface area (Å²) in [6.45, 7) is 5.27. The zero-order valence-electron chi connectivity index (χ0n) is 14.7. The van der Waals surface area contributed by atoms with Crippen LogP contribution in [0.1, 0.15) is 24.0 Å². The van der Waals surface area contributed by atoms with Gasteiger partial charge in [-0.2, -0.15) is 0 Å². The van der Waals surface area contributed by atoms with Crippen molar-refractivity contribution in [2.75, 3.05) is 31.2 Å². The van der Waals surface area contributed by atoms with Gasteiger partial charge < -0.3 is 9.64 Å². The number of hydrogen-bond acceptors (Lipinski definition) is 3. The van der Waals surface area contributed by atoms with Gasteiger partial charge in [-0.25, -0.2) is 0 Å². The molecule has 0 atom stereocenters. The highest BCUT2D eigenvalue weighted by Crippen LogP contribution is 2.35. The lowest BCUT2D eigenvalue weighted by atomic mass is 9.97. The topological polar surface area (TPSA) is 15.7 Å². The number of ether oxygens (including phenoxy) is 1. The van der Waals surface area contributed by atoms with Gasteiger partial charge in [0.25, 0.3) is 0 Å². The first-order valence-corrected chi connectivity index (χ1v) is 9.63. The van der Waals surface area contributed by atoms with Crippen molar-refractivity contribution in [2.24, 2.45) is 5.92 Å². The lowest BCUT2D eigenvalue weighted by molar-refractivity contribution is 0.0123. The first-order chi connectivity index (χ1) is 12.4. The molecule has 1 aliphatic carbocycles. The third kappa shape index (κ3) is 3.19. The van der Waals surface area contributed by atoms with E-state index in [0.717, 1.165) is 25.7 Å². The van der Waals surface area contributed by atoms with Crippen LogP contribution in [0.3, 0.4) is 0 Å². The van der Waals surface area contributed by atoms with Crippen molar-refractivity contribution in [2.45, 2.75) is 31.8 Å². The number of anilines is 2. The van der Waals surface area contributed by atoms with Crippen LogP contribution in [0, 0.1) is 5.92 Å². The third-order valence-electron chi connectivity index (χ3n) is 5.79. The van der Waals surface area contributed by atoms with Crippen molar-refractivity contribution in [3.05, 3.63) is 59.7 Å². The highest BCUT2D eigenvalue weighted by molar-refractivity contribution is 5.66. The van der Waals surface area contributed by atoms with Crippen LogP contribution in [0.4, 0.5) is 11.4 Å². The van der Waals surface area contributed by atoms with Crippen LogP contribution in [-0.2, 0) is 17.7 Å². The zero-order valence-corrected chi connectivity index (χ0v) is 14.7. The first-order valence-electron chi connectivity index (χ1n) is 9.63. The minimum absolute atomic E-state index is 0.451. The second kappa shape index (κ2) is 6.47. The smallest absolute Gasteiger partial charge is 0.0809 e. The summed E-state index contributed by atoms with van der Waals surface area (Å²) in [5, 5.41) is 0. The van der Waals surface area contributed by atoms with E-state index in [0.29, 0.717) is 6.04 Å². The second-order valence-electron chi connectivity index (χ2n) is 7.78. The average molecular weight is 334 g/mol. The standard InChI is InChI=1S/C22H26N2O/c1-2-4-20(5-3-1)24(22-15-25-16-22)21-9-8-18-10-11-23(13-17-6-7-17)14-19(18)12-21/h1-5,8-9,12,17,22H,6-7,10-11,13-16H2. The van der Waals surface area contributed by atoms with E-state index in [9.17, 15) is 0 Å². The normalized spacial score (nSPS) is 20.8. The Labute approximate surface area is 150 Å². The highest BCUT2D eigenvalue weighted by atomic mass is 16.5. The van der Waals surface area contributed by atoms with E-state index in [2.05, 4.69) is 58.3 Å². The highest BCUT2D eigenvalue weighted by Gasteiger charge is 2.29. The molecule has 0 bridgehead atoms. The number of hydrogen-bond donors (Lipinski definition) is 0. The molecule has 0 unspecified atom stereocenters. The third-order valence-corrected chi connectivity index (χ3v) is 5.79. The van der Waals surface area contributed by atoms with Crippen LogP contribution in [0.15, 0.2) is 48.5 Å². The molecule has 130 valence electrons. The van der Waals surface area contributed by atoms with Crippen molar-refractivity contribution >= 4 is 11.4 Å². The Morgan fingerprint density at radius 2 is 1.80 bits per heavy atom. The fraction of sp³-hybridized carbons (Fsp3) is 0.455. The van der Waals surface area contributed by atoms with Gasteiger partial charge in [-0.15, -0.1) is 0 Å². The summed E-state index contributed by atoms with van der Waals surface area (Å²) in [5.74, 6) is 0.970. The van der Waals surface area contributed by atoms with Crippen LogP contribution in [0.5, 0.6) is 0 Å². The summed E-state index contributed by atoms with van der Waals surface area (Å²) in [7, 11) is 0. The van der Waals surface area contributed by atoms with Gasteiger partial charge in [-0.05, 0) is 60.6 Å². The lowest BCUT2D eigenvalue weighted by Crippen LogP contribution is -2.46. The Morgan fingerprint density at radius 3 is 2.52 bits per heavy atom. The second-order valence-corrected chi connectivity index (χ2v) is 7.78. The van der Waals surface area contributed by atoms with E-state index < -0.39 is 0 Å². The fourth-order valence-electron chi connectivity index (χ4n) is 4.10. The van der Waals surface area contributed by atoms with Gasteiger partial charge in [-0.1, -0.05) is 24.3 Å². The van der Waals surface area contributed by atoms with Crippen LogP contribution in [0.2, 0.25) is 0 Å². The molecule has 25 heavy (non-hydrogen) atoms. The van der Waals surface area contributed by atoms with E-state index in [1.54, 1.807) is 0 Å². The van der Waals surface area contributed by atoms with Crippen LogP contribution >= 0.6 is 0 Å². The van der Waals surface area contributed by atoms with Crippen molar-refractivity contribution in [1.82, 2.24) is 4.90 Å². The Bertz CT molecular complexity index is 737. The van der Waals surface area contributed by atoms with E-state index in [-0.39, 0.29) is 0 Å². The minimum atomic E-state index is 0.451. The number of para-hydroxylation sites is 1. The SMILES string of the molecule is c1ccc(N(c2ccc3c(c2)CN(CC2CC2)CC3)C2COC2)cc1. The largest absolute Gasteiger partial charge is 0.377 e. The van der Waals surface area contributed by atoms with E-state index in [4.69, 9.17) is 4.74 Å². The minimum Gasteiger partial charge on any atom is -0.377 e. The number of nitrogens with zero attached hydrogens (tertiary/aromatic N) is 2. The average Bonchev–Trinajstić information content (AvgIpc) is 3.42. The van der Waals surface area contributed by atoms with Crippen molar-refractivity contribution in [3.8, 4) is 0 Å². The quantitative estimate of drug-likeness (QED) is 0.822. The molecule has 0 radical (unpaired) electrons. The molecular weight excluding hydrogens is 308 g/mol. The molecule has 5 rings (SSSR count). The van der Waals surface area contributed by atoms with E-state index in [1.165, 1.54) is 54.9 Å². The molecule has 1 saturated carbocycles. The molecule has 2 aromatic carbocycles. The molecule has 2 aromatic rings. The number of benzene rings is 2. The van der Waals surface area contributed by atoms with Gasteiger partial charge >= 0.3 is 0 Å². The molecule has 2 heterocycles. The van der Waals surface area contributed by atoms with Crippen LogP contribution in [0.25, 0.3) is 0 Å². The monoisotopic (exact) mass is 334 g/mol. The molecule has 2 aliphatic heterocycles. The maximum absolute atomic E-state index is 5.49. The Morgan fingerprint density at radius 1 is 0.960 bits per heavy atom. The first kappa shape index (κ1) is 15.4. The summed E-state index contributed by atoms with van der Waals surface area (Å²) >= 11 is 0. The summed E-state index contributed by atoms with van der Waals surface area (Å²) in [6.07, 6.45) is 4.07. The molecule has 0 amide bonds. The van der Waals surface area contributed by atoms with Gasteiger partial charge in [0.1, 0.15) is 0 Å². The predicted molar refractivity (Wildman–Crippen MR) is 101 cm³/mol. The molecule has 3 heteroatoms. The van der Waals surface area contributed by atoms with Crippen molar-refractivity contribution in [3.63, 3.8) is 0 Å². The van der Waals surface area contributed by atoms with Crippen molar-refractivity contribution < 1.29 is 4.74 Å². The maximum Gasteiger partial charge on any atom is 0.0809 e. The molecule has 3 aliphatic rings. The van der Waals surface area contributed by atoms with Gasteiger partial charge in [0, 0.05) is 31.0 Å². The summed E-state index contributed by atoms with van der Waals surface area (Å²) in [5.41, 5.74) is 5.63. The Balaban J connectivity index is 1.44. The van der Waals surface area contributed by atoms with Crippen LogP contribution < -0.4 is 4.90 Å². The van der Waals surface area contributed by atoms with E-state index in [1.807, 2.05) is 0 Å². The molecule has 0 N–H and O–H groups in total.